The van der Waals surface area contributed by atoms with Gasteiger partial charge in [0.1, 0.15) is 18.0 Å². The zero-order valence-corrected chi connectivity index (χ0v) is 12.2. The van der Waals surface area contributed by atoms with E-state index in [4.69, 9.17) is 9.25 Å². The van der Waals surface area contributed by atoms with Gasteiger partial charge < -0.3 is 9.25 Å². The summed E-state index contributed by atoms with van der Waals surface area (Å²) in [4.78, 5) is 17.2. The van der Waals surface area contributed by atoms with Crippen molar-refractivity contribution in [3.63, 3.8) is 0 Å². The van der Waals surface area contributed by atoms with E-state index in [1.807, 2.05) is 43.3 Å². The molecule has 1 heterocycles. The van der Waals surface area contributed by atoms with Gasteiger partial charge in [-0.25, -0.2) is 0 Å². The molecule has 0 spiro atoms. The Hall–Kier alpha value is -2.88. The molecule has 0 fully saturated rings. The average Bonchev–Trinajstić information content (AvgIpc) is 2.56. The first kappa shape index (κ1) is 14.1. The first-order chi connectivity index (χ1) is 10.8. The predicted octanol–water partition coefficient (Wildman–Crippen LogP) is 3.83. The Bertz CT molecular complexity index is 866. The lowest BCUT2D eigenvalue weighted by molar-refractivity contribution is 0.160. The second kappa shape index (κ2) is 6.26. The molecule has 0 unspecified atom stereocenters. The molecule has 0 atom stereocenters. The van der Waals surface area contributed by atoms with Gasteiger partial charge in [-0.3, -0.25) is 4.79 Å². The van der Waals surface area contributed by atoms with Crippen LogP contribution in [0.25, 0.3) is 22.3 Å². The van der Waals surface area contributed by atoms with E-state index in [1.165, 1.54) is 6.07 Å². The highest BCUT2D eigenvalue weighted by molar-refractivity contribution is 5.88. The second-order valence-corrected chi connectivity index (χ2v) is 4.75. The SMILES string of the molecule is CCO/N=C/c1ccc2oc(-c3ccccc3)cc(=O)c2c1. The molecule has 110 valence electrons. The zero-order valence-electron chi connectivity index (χ0n) is 12.2. The molecular formula is C18H15NO3. The molecule has 3 rings (SSSR count). The summed E-state index contributed by atoms with van der Waals surface area (Å²) in [6.45, 7) is 2.37. The van der Waals surface area contributed by atoms with Crippen molar-refractivity contribution < 1.29 is 9.25 Å². The Labute approximate surface area is 127 Å². The summed E-state index contributed by atoms with van der Waals surface area (Å²) >= 11 is 0. The molecule has 0 saturated carbocycles. The van der Waals surface area contributed by atoms with Crippen LogP contribution in [0.1, 0.15) is 12.5 Å². The van der Waals surface area contributed by atoms with Crippen LogP contribution in [0.5, 0.6) is 0 Å². The topological polar surface area (TPSA) is 51.8 Å². The molecule has 0 aliphatic heterocycles. The summed E-state index contributed by atoms with van der Waals surface area (Å²) in [5.41, 5.74) is 2.15. The number of hydrogen-bond donors (Lipinski definition) is 0. The van der Waals surface area contributed by atoms with E-state index in [1.54, 1.807) is 18.3 Å². The minimum atomic E-state index is -0.0771. The zero-order chi connectivity index (χ0) is 15.4. The van der Waals surface area contributed by atoms with Crippen LogP contribution in [-0.4, -0.2) is 12.8 Å². The third-order valence-electron chi connectivity index (χ3n) is 3.21. The predicted molar refractivity (Wildman–Crippen MR) is 87.1 cm³/mol. The monoisotopic (exact) mass is 293 g/mol. The number of benzene rings is 2. The maximum atomic E-state index is 12.3. The van der Waals surface area contributed by atoms with Gasteiger partial charge in [-0.1, -0.05) is 35.5 Å². The summed E-state index contributed by atoms with van der Waals surface area (Å²) in [7, 11) is 0. The van der Waals surface area contributed by atoms with Crippen molar-refractivity contribution in [1.82, 2.24) is 0 Å². The molecule has 0 amide bonds. The molecule has 1 aromatic heterocycles. The lowest BCUT2D eigenvalue weighted by Gasteiger charge is -2.03. The van der Waals surface area contributed by atoms with E-state index < -0.39 is 0 Å². The van der Waals surface area contributed by atoms with Gasteiger partial charge in [0.25, 0.3) is 0 Å². The van der Waals surface area contributed by atoms with E-state index in [-0.39, 0.29) is 5.43 Å². The lowest BCUT2D eigenvalue weighted by atomic mass is 10.1. The third kappa shape index (κ3) is 2.91. The highest BCUT2D eigenvalue weighted by Crippen LogP contribution is 2.22. The number of nitrogens with zero attached hydrogens (tertiary/aromatic N) is 1. The van der Waals surface area contributed by atoms with Crippen molar-refractivity contribution in [2.75, 3.05) is 6.61 Å². The standard InChI is InChI=1S/C18H15NO3/c1-2-21-19-12-13-8-9-17-15(10-13)16(20)11-18(22-17)14-6-4-3-5-7-14/h3-12H,2H2,1H3/b19-12+. The van der Waals surface area contributed by atoms with Crippen molar-refractivity contribution >= 4 is 17.2 Å². The number of fused-ring (bicyclic) bond motifs is 1. The maximum Gasteiger partial charge on any atom is 0.193 e. The van der Waals surface area contributed by atoms with Crippen LogP contribution in [0, 0.1) is 0 Å². The van der Waals surface area contributed by atoms with Crippen LogP contribution in [0.3, 0.4) is 0 Å². The molecule has 0 bridgehead atoms. The van der Waals surface area contributed by atoms with Gasteiger partial charge in [0, 0.05) is 11.6 Å². The fourth-order valence-corrected chi connectivity index (χ4v) is 2.17. The van der Waals surface area contributed by atoms with E-state index in [0.29, 0.717) is 23.3 Å². The maximum absolute atomic E-state index is 12.3. The summed E-state index contributed by atoms with van der Waals surface area (Å²) in [5.74, 6) is 0.564. The van der Waals surface area contributed by atoms with Crippen LogP contribution in [-0.2, 0) is 4.84 Å². The average molecular weight is 293 g/mol. The number of rotatable bonds is 4. The molecule has 0 saturated heterocycles. The molecule has 4 heteroatoms. The Balaban J connectivity index is 2.05. The summed E-state index contributed by atoms with van der Waals surface area (Å²) < 4.78 is 5.83. The normalized spacial score (nSPS) is 11.1. The first-order valence-corrected chi connectivity index (χ1v) is 7.06. The van der Waals surface area contributed by atoms with Gasteiger partial charge in [0.05, 0.1) is 11.6 Å². The minimum absolute atomic E-state index is 0.0771. The molecule has 0 radical (unpaired) electrons. The number of oxime groups is 1. The Morgan fingerprint density at radius 2 is 1.95 bits per heavy atom. The van der Waals surface area contributed by atoms with Crippen molar-refractivity contribution in [2.45, 2.75) is 6.92 Å². The Morgan fingerprint density at radius 3 is 2.73 bits per heavy atom. The first-order valence-electron chi connectivity index (χ1n) is 7.06. The quantitative estimate of drug-likeness (QED) is 0.542. The van der Waals surface area contributed by atoms with Crippen LogP contribution in [0.4, 0.5) is 0 Å². The minimum Gasteiger partial charge on any atom is -0.456 e. The largest absolute Gasteiger partial charge is 0.456 e. The van der Waals surface area contributed by atoms with E-state index in [9.17, 15) is 4.79 Å². The molecule has 0 N–H and O–H groups in total. The molecule has 22 heavy (non-hydrogen) atoms. The van der Waals surface area contributed by atoms with Crippen molar-refractivity contribution in [2.24, 2.45) is 5.16 Å². The third-order valence-corrected chi connectivity index (χ3v) is 3.21. The van der Waals surface area contributed by atoms with Gasteiger partial charge in [0.2, 0.25) is 0 Å². The van der Waals surface area contributed by atoms with Gasteiger partial charge >= 0.3 is 0 Å². The van der Waals surface area contributed by atoms with Crippen LogP contribution in [0.15, 0.2) is 69.0 Å². The van der Waals surface area contributed by atoms with E-state index in [0.717, 1.165) is 11.1 Å². The highest BCUT2D eigenvalue weighted by atomic mass is 16.6. The van der Waals surface area contributed by atoms with Gasteiger partial charge in [-0.15, -0.1) is 0 Å². The highest BCUT2D eigenvalue weighted by Gasteiger charge is 2.07. The molecule has 3 aromatic rings. The fraction of sp³-hybridized carbons (Fsp3) is 0.111. The Kier molecular flexibility index (Phi) is 4.01. The molecule has 2 aromatic carbocycles. The van der Waals surface area contributed by atoms with Gasteiger partial charge in [0.15, 0.2) is 5.43 Å². The lowest BCUT2D eigenvalue weighted by Crippen LogP contribution is -2.01. The smallest absolute Gasteiger partial charge is 0.193 e. The molecule has 0 aliphatic rings. The molecule has 4 nitrogen and oxygen atoms in total. The van der Waals surface area contributed by atoms with Gasteiger partial charge in [-0.05, 0) is 30.7 Å². The van der Waals surface area contributed by atoms with Crippen molar-refractivity contribution in [3.8, 4) is 11.3 Å². The van der Waals surface area contributed by atoms with Crippen molar-refractivity contribution in [3.05, 3.63) is 70.4 Å². The van der Waals surface area contributed by atoms with Crippen molar-refractivity contribution in [1.29, 1.82) is 0 Å². The van der Waals surface area contributed by atoms with Crippen LogP contribution < -0.4 is 5.43 Å². The van der Waals surface area contributed by atoms with Gasteiger partial charge in [-0.2, -0.15) is 0 Å². The Morgan fingerprint density at radius 1 is 1.14 bits per heavy atom. The fourth-order valence-electron chi connectivity index (χ4n) is 2.17. The van der Waals surface area contributed by atoms with Crippen LogP contribution in [0.2, 0.25) is 0 Å². The van der Waals surface area contributed by atoms with E-state index in [2.05, 4.69) is 5.16 Å². The van der Waals surface area contributed by atoms with E-state index >= 15 is 0 Å². The summed E-state index contributed by atoms with van der Waals surface area (Å²) in [6, 6.07) is 16.4. The second-order valence-electron chi connectivity index (χ2n) is 4.75. The summed E-state index contributed by atoms with van der Waals surface area (Å²) in [5, 5.41) is 4.33. The van der Waals surface area contributed by atoms with Crippen LogP contribution >= 0.6 is 0 Å². The molecular weight excluding hydrogens is 278 g/mol. The number of hydrogen-bond acceptors (Lipinski definition) is 4. The molecule has 0 aliphatic carbocycles. The summed E-state index contributed by atoms with van der Waals surface area (Å²) in [6.07, 6.45) is 1.58.